The molecule has 3 nitrogen and oxygen atoms in total. The summed E-state index contributed by atoms with van der Waals surface area (Å²) < 4.78 is 2.09. The van der Waals surface area contributed by atoms with Crippen molar-refractivity contribution in [1.82, 2.24) is 9.38 Å². The Hall–Kier alpha value is -1.16. The average Bonchev–Trinajstić information content (AvgIpc) is 2.75. The summed E-state index contributed by atoms with van der Waals surface area (Å²) in [4.78, 5) is 4.55. The Morgan fingerprint density at radius 3 is 3.19 bits per heavy atom. The molecule has 0 spiro atoms. The van der Waals surface area contributed by atoms with Gasteiger partial charge in [0.05, 0.1) is 11.7 Å². The molecule has 1 aliphatic heterocycles. The van der Waals surface area contributed by atoms with E-state index in [1.807, 2.05) is 30.1 Å². The van der Waals surface area contributed by atoms with Crippen LogP contribution in [0.5, 0.6) is 0 Å². The first kappa shape index (κ1) is 10.0. The molecule has 2 aromatic heterocycles. The van der Waals surface area contributed by atoms with E-state index in [0.29, 0.717) is 5.92 Å². The van der Waals surface area contributed by atoms with E-state index in [0.717, 1.165) is 17.2 Å². The van der Waals surface area contributed by atoms with Gasteiger partial charge in [-0.2, -0.15) is 11.8 Å². The summed E-state index contributed by atoms with van der Waals surface area (Å²) in [5.41, 5.74) is 7.13. The molecule has 1 saturated heterocycles. The molecule has 1 unspecified atom stereocenters. The summed E-state index contributed by atoms with van der Waals surface area (Å²) in [6.07, 6.45) is 4.45. The SMILES string of the molecule is Nc1cccc2cnc(C3CCCSC3)n12. The van der Waals surface area contributed by atoms with Crippen LogP contribution in [0.1, 0.15) is 24.6 Å². The van der Waals surface area contributed by atoms with E-state index in [4.69, 9.17) is 5.73 Å². The number of thioether (sulfide) groups is 1. The van der Waals surface area contributed by atoms with Gasteiger partial charge in [-0.05, 0) is 30.7 Å². The number of nitrogens with zero attached hydrogens (tertiary/aromatic N) is 2. The fourth-order valence-electron chi connectivity index (χ4n) is 2.33. The van der Waals surface area contributed by atoms with Crippen LogP contribution in [0.3, 0.4) is 0 Å². The largest absolute Gasteiger partial charge is 0.385 e. The van der Waals surface area contributed by atoms with Crippen LogP contribution in [0.15, 0.2) is 24.4 Å². The van der Waals surface area contributed by atoms with E-state index >= 15 is 0 Å². The van der Waals surface area contributed by atoms with Gasteiger partial charge in [-0.25, -0.2) is 4.98 Å². The number of hydrogen-bond donors (Lipinski definition) is 1. The highest BCUT2D eigenvalue weighted by Crippen LogP contribution is 2.31. The lowest BCUT2D eigenvalue weighted by Crippen LogP contribution is -2.13. The first-order valence-electron chi connectivity index (χ1n) is 5.66. The van der Waals surface area contributed by atoms with Crippen molar-refractivity contribution < 1.29 is 0 Å². The number of nitrogens with two attached hydrogens (primary N) is 1. The molecule has 0 amide bonds. The van der Waals surface area contributed by atoms with Gasteiger partial charge >= 0.3 is 0 Å². The third-order valence-corrected chi connectivity index (χ3v) is 4.35. The Morgan fingerprint density at radius 2 is 2.38 bits per heavy atom. The second kappa shape index (κ2) is 4.01. The first-order chi connectivity index (χ1) is 7.86. The van der Waals surface area contributed by atoms with E-state index < -0.39 is 0 Å². The van der Waals surface area contributed by atoms with E-state index in [1.54, 1.807) is 0 Å². The molecule has 0 radical (unpaired) electrons. The van der Waals surface area contributed by atoms with Gasteiger partial charge in [0.25, 0.3) is 0 Å². The van der Waals surface area contributed by atoms with Gasteiger partial charge in [0.15, 0.2) is 0 Å². The summed E-state index contributed by atoms with van der Waals surface area (Å²) in [7, 11) is 0. The predicted molar refractivity (Wildman–Crippen MR) is 68.9 cm³/mol. The fourth-order valence-corrected chi connectivity index (χ4v) is 3.47. The van der Waals surface area contributed by atoms with E-state index in [9.17, 15) is 0 Å². The Morgan fingerprint density at radius 1 is 1.44 bits per heavy atom. The molecule has 1 fully saturated rings. The summed E-state index contributed by atoms with van der Waals surface area (Å²) in [5, 5.41) is 0. The molecular weight excluding hydrogens is 218 g/mol. The summed E-state index contributed by atoms with van der Waals surface area (Å²) in [5.74, 6) is 4.95. The van der Waals surface area contributed by atoms with Crippen LogP contribution in [0.4, 0.5) is 5.82 Å². The smallest absolute Gasteiger partial charge is 0.118 e. The zero-order chi connectivity index (χ0) is 11.0. The van der Waals surface area contributed by atoms with Crippen molar-refractivity contribution in [3.05, 3.63) is 30.2 Å². The van der Waals surface area contributed by atoms with Gasteiger partial charge in [-0.1, -0.05) is 6.07 Å². The Balaban J connectivity index is 2.09. The van der Waals surface area contributed by atoms with Gasteiger partial charge in [-0.3, -0.25) is 4.40 Å². The van der Waals surface area contributed by atoms with E-state index in [-0.39, 0.29) is 0 Å². The Kier molecular flexibility index (Phi) is 2.52. The highest BCUT2D eigenvalue weighted by molar-refractivity contribution is 7.99. The molecule has 0 bridgehead atoms. The molecule has 0 aromatic carbocycles. The zero-order valence-corrected chi connectivity index (χ0v) is 9.91. The fraction of sp³-hybridized carbons (Fsp3) is 0.417. The number of aromatic nitrogens is 2. The molecule has 3 heterocycles. The second-order valence-corrected chi connectivity index (χ2v) is 5.39. The number of pyridine rings is 1. The molecule has 1 aliphatic rings. The van der Waals surface area contributed by atoms with Crippen molar-refractivity contribution in [1.29, 1.82) is 0 Å². The van der Waals surface area contributed by atoms with Gasteiger partial charge in [-0.15, -0.1) is 0 Å². The van der Waals surface area contributed by atoms with Gasteiger partial charge in [0.1, 0.15) is 11.6 Å². The van der Waals surface area contributed by atoms with Crippen molar-refractivity contribution in [3.63, 3.8) is 0 Å². The van der Waals surface area contributed by atoms with Crippen molar-refractivity contribution in [3.8, 4) is 0 Å². The third kappa shape index (κ3) is 1.57. The topological polar surface area (TPSA) is 43.3 Å². The number of imidazole rings is 1. The normalized spacial score (nSPS) is 21.4. The molecule has 3 rings (SSSR count). The minimum absolute atomic E-state index is 0.561. The highest BCUT2D eigenvalue weighted by atomic mass is 32.2. The predicted octanol–water partition coefficient (Wildman–Crippen LogP) is 2.53. The number of fused-ring (bicyclic) bond motifs is 1. The zero-order valence-electron chi connectivity index (χ0n) is 9.10. The van der Waals surface area contributed by atoms with Crippen LogP contribution < -0.4 is 5.73 Å². The summed E-state index contributed by atoms with van der Waals surface area (Å²) in [6, 6.07) is 5.97. The Bertz CT molecular complexity index is 500. The standard InChI is InChI=1S/C12H15N3S/c13-11-5-1-4-10-7-14-12(15(10)11)9-3-2-6-16-8-9/h1,4-5,7,9H,2-3,6,8,13H2. The van der Waals surface area contributed by atoms with Crippen LogP contribution in [-0.2, 0) is 0 Å². The minimum Gasteiger partial charge on any atom is -0.385 e. The van der Waals surface area contributed by atoms with Crippen LogP contribution in [0.2, 0.25) is 0 Å². The minimum atomic E-state index is 0.561. The van der Waals surface area contributed by atoms with Crippen LogP contribution in [-0.4, -0.2) is 20.9 Å². The molecular formula is C12H15N3S. The Labute approximate surface area is 99.1 Å². The molecule has 0 aliphatic carbocycles. The molecule has 2 aromatic rings. The molecule has 4 heteroatoms. The maximum atomic E-state index is 6.02. The van der Waals surface area contributed by atoms with Crippen molar-refractivity contribution in [2.75, 3.05) is 17.2 Å². The van der Waals surface area contributed by atoms with Crippen LogP contribution >= 0.6 is 11.8 Å². The van der Waals surface area contributed by atoms with Crippen LogP contribution in [0, 0.1) is 0 Å². The van der Waals surface area contributed by atoms with Crippen molar-refractivity contribution in [2.24, 2.45) is 0 Å². The number of nitrogen functional groups attached to an aromatic ring is 1. The van der Waals surface area contributed by atoms with E-state index in [1.165, 1.54) is 24.3 Å². The summed E-state index contributed by atoms with van der Waals surface area (Å²) >= 11 is 2.02. The van der Waals surface area contributed by atoms with Gasteiger partial charge in [0, 0.05) is 11.7 Å². The number of rotatable bonds is 1. The van der Waals surface area contributed by atoms with Gasteiger partial charge in [0.2, 0.25) is 0 Å². The van der Waals surface area contributed by atoms with Gasteiger partial charge < -0.3 is 5.73 Å². The quantitative estimate of drug-likeness (QED) is 0.823. The summed E-state index contributed by atoms with van der Waals surface area (Å²) in [6.45, 7) is 0. The lowest BCUT2D eigenvalue weighted by molar-refractivity contribution is 0.622. The monoisotopic (exact) mass is 233 g/mol. The third-order valence-electron chi connectivity index (χ3n) is 3.13. The maximum absolute atomic E-state index is 6.02. The molecule has 1 atom stereocenters. The molecule has 16 heavy (non-hydrogen) atoms. The lowest BCUT2D eigenvalue weighted by Gasteiger charge is -2.20. The van der Waals surface area contributed by atoms with Crippen LogP contribution in [0.25, 0.3) is 5.52 Å². The molecule has 2 N–H and O–H groups in total. The van der Waals surface area contributed by atoms with Crippen molar-refractivity contribution >= 4 is 23.1 Å². The van der Waals surface area contributed by atoms with Crippen molar-refractivity contribution in [2.45, 2.75) is 18.8 Å². The second-order valence-electron chi connectivity index (χ2n) is 4.24. The number of anilines is 1. The highest BCUT2D eigenvalue weighted by Gasteiger charge is 2.20. The number of hydrogen-bond acceptors (Lipinski definition) is 3. The molecule has 84 valence electrons. The average molecular weight is 233 g/mol. The first-order valence-corrected chi connectivity index (χ1v) is 6.81. The molecule has 0 saturated carbocycles. The van der Waals surface area contributed by atoms with E-state index in [2.05, 4.69) is 15.5 Å². The lowest BCUT2D eigenvalue weighted by atomic mass is 10.0. The maximum Gasteiger partial charge on any atom is 0.118 e.